The van der Waals surface area contributed by atoms with Gasteiger partial charge in [0, 0.05) is 5.69 Å². The van der Waals surface area contributed by atoms with Gasteiger partial charge in [-0.3, -0.25) is 4.79 Å². The number of nitrogens with one attached hydrogen (secondary N) is 1. The van der Waals surface area contributed by atoms with Crippen molar-refractivity contribution < 1.29 is 4.79 Å². The highest BCUT2D eigenvalue weighted by atomic mass is 32.1. The van der Waals surface area contributed by atoms with Gasteiger partial charge in [-0.15, -0.1) is 11.3 Å². The van der Waals surface area contributed by atoms with Crippen LogP contribution in [-0.2, 0) is 6.42 Å². The second-order valence-electron chi connectivity index (χ2n) is 3.88. The molecule has 0 aliphatic heterocycles. The van der Waals surface area contributed by atoms with Crippen molar-refractivity contribution in [2.75, 3.05) is 5.32 Å². The zero-order chi connectivity index (χ0) is 12.1. The van der Waals surface area contributed by atoms with E-state index in [1.165, 1.54) is 16.9 Å². The number of rotatable bonds is 4. The van der Waals surface area contributed by atoms with E-state index in [-0.39, 0.29) is 5.91 Å². The van der Waals surface area contributed by atoms with Crippen LogP contribution < -0.4 is 5.32 Å². The molecular weight excluding hydrogens is 230 g/mol. The van der Waals surface area contributed by atoms with Gasteiger partial charge in [0.25, 0.3) is 5.91 Å². The number of amides is 1. The molecule has 0 aliphatic rings. The van der Waals surface area contributed by atoms with Gasteiger partial charge in [0.15, 0.2) is 0 Å². The monoisotopic (exact) mass is 245 g/mol. The Kier molecular flexibility index (Phi) is 3.94. The predicted octanol–water partition coefficient (Wildman–Crippen LogP) is 3.95. The maximum atomic E-state index is 11.8. The van der Waals surface area contributed by atoms with Gasteiger partial charge in [-0.1, -0.05) is 31.5 Å². The number of anilines is 1. The molecule has 88 valence electrons. The van der Waals surface area contributed by atoms with Crippen molar-refractivity contribution in [3.63, 3.8) is 0 Å². The molecule has 0 bridgehead atoms. The van der Waals surface area contributed by atoms with Crippen molar-refractivity contribution in [3.05, 3.63) is 52.2 Å². The molecule has 1 N–H and O–H groups in total. The first-order valence-corrected chi connectivity index (χ1v) is 6.61. The Balaban J connectivity index is 2.01. The van der Waals surface area contributed by atoms with Crippen molar-refractivity contribution in [1.29, 1.82) is 0 Å². The van der Waals surface area contributed by atoms with Crippen LogP contribution in [0.5, 0.6) is 0 Å². The minimum atomic E-state index is -0.0387. The first kappa shape index (κ1) is 11.9. The highest BCUT2D eigenvalue weighted by Gasteiger charge is 2.06. The fourth-order valence-corrected chi connectivity index (χ4v) is 2.26. The molecule has 2 rings (SSSR count). The van der Waals surface area contributed by atoms with E-state index in [0.29, 0.717) is 0 Å². The van der Waals surface area contributed by atoms with E-state index in [1.807, 2.05) is 29.6 Å². The summed E-state index contributed by atoms with van der Waals surface area (Å²) in [5, 5.41) is 4.79. The molecule has 2 nitrogen and oxygen atoms in total. The highest BCUT2D eigenvalue weighted by molar-refractivity contribution is 7.12. The third-order valence-electron chi connectivity index (χ3n) is 2.50. The normalized spacial score (nSPS) is 10.2. The second-order valence-corrected chi connectivity index (χ2v) is 4.83. The van der Waals surface area contributed by atoms with Crippen LogP contribution in [0.1, 0.15) is 28.6 Å². The minimum Gasteiger partial charge on any atom is -0.321 e. The third kappa shape index (κ3) is 3.17. The Hall–Kier alpha value is -1.61. The Morgan fingerprint density at radius 3 is 2.59 bits per heavy atom. The second kappa shape index (κ2) is 5.64. The Labute approximate surface area is 105 Å². The average Bonchev–Trinajstić information content (AvgIpc) is 2.86. The van der Waals surface area contributed by atoms with Crippen molar-refractivity contribution in [1.82, 2.24) is 0 Å². The predicted molar refractivity (Wildman–Crippen MR) is 72.7 cm³/mol. The summed E-state index contributed by atoms with van der Waals surface area (Å²) in [6.07, 6.45) is 2.22. The molecule has 0 saturated carbocycles. The number of aryl methyl sites for hydroxylation is 1. The summed E-state index contributed by atoms with van der Waals surface area (Å²) in [7, 11) is 0. The van der Waals surface area contributed by atoms with Gasteiger partial charge >= 0.3 is 0 Å². The third-order valence-corrected chi connectivity index (χ3v) is 3.36. The summed E-state index contributed by atoms with van der Waals surface area (Å²) in [6.45, 7) is 2.16. The van der Waals surface area contributed by atoms with Crippen LogP contribution in [0.15, 0.2) is 41.8 Å². The number of thiophene rings is 1. The summed E-state index contributed by atoms with van der Waals surface area (Å²) < 4.78 is 0. The molecule has 0 atom stereocenters. The molecule has 0 unspecified atom stereocenters. The van der Waals surface area contributed by atoms with E-state index in [4.69, 9.17) is 0 Å². The van der Waals surface area contributed by atoms with Gasteiger partial charge in [0.2, 0.25) is 0 Å². The van der Waals surface area contributed by atoms with Crippen molar-refractivity contribution in [3.8, 4) is 0 Å². The highest BCUT2D eigenvalue weighted by Crippen LogP contribution is 2.14. The molecular formula is C14H15NOS. The Morgan fingerprint density at radius 2 is 2.00 bits per heavy atom. The van der Waals surface area contributed by atoms with E-state index >= 15 is 0 Å². The molecule has 0 saturated heterocycles. The van der Waals surface area contributed by atoms with Gasteiger partial charge in [0.05, 0.1) is 4.88 Å². The number of carbonyl (C=O) groups excluding carboxylic acids is 1. The lowest BCUT2D eigenvalue weighted by molar-refractivity contribution is 0.103. The zero-order valence-electron chi connectivity index (χ0n) is 9.77. The number of benzene rings is 1. The molecule has 0 fully saturated rings. The summed E-state index contributed by atoms with van der Waals surface area (Å²) in [5.74, 6) is -0.0387. The van der Waals surface area contributed by atoms with E-state index in [2.05, 4.69) is 24.4 Å². The van der Waals surface area contributed by atoms with Crippen LogP contribution in [-0.4, -0.2) is 5.91 Å². The lowest BCUT2D eigenvalue weighted by atomic mass is 10.1. The van der Waals surface area contributed by atoms with Gasteiger partial charge in [-0.25, -0.2) is 0 Å². The van der Waals surface area contributed by atoms with Crippen LogP contribution in [0.3, 0.4) is 0 Å². The average molecular weight is 245 g/mol. The summed E-state index contributed by atoms with van der Waals surface area (Å²) in [5.41, 5.74) is 2.16. The lowest BCUT2D eigenvalue weighted by Crippen LogP contribution is -2.09. The molecule has 1 aromatic heterocycles. The minimum absolute atomic E-state index is 0.0387. The topological polar surface area (TPSA) is 29.1 Å². The standard InChI is InChI=1S/C14H15NOS/c1-2-4-11-6-8-12(9-7-11)15-14(16)13-5-3-10-17-13/h3,5-10H,2,4H2,1H3,(H,15,16). The number of carbonyl (C=O) groups is 1. The van der Waals surface area contributed by atoms with Gasteiger partial charge in [-0.2, -0.15) is 0 Å². The summed E-state index contributed by atoms with van der Waals surface area (Å²) >= 11 is 1.45. The largest absolute Gasteiger partial charge is 0.321 e. The fraction of sp³-hybridized carbons (Fsp3) is 0.214. The molecule has 0 aliphatic carbocycles. The Morgan fingerprint density at radius 1 is 1.24 bits per heavy atom. The molecule has 1 aromatic carbocycles. The molecule has 1 heterocycles. The van der Waals surface area contributed by atoms with E-state index < -0.39 is 0 Å². The molecule has 2 aromatic rings. The summed E-state index contributed by atoms with van der Waals surface area (Å²) in [6, 6.07) is 11.7. The van der Waals surface area contributed by atoms with Crippen molar-refractivity contribution in [2.24, 2.45) is 0 Å². The number of hydrogen-bond acceptors (Lipinski definition) is 2. The lowest BCUT2D eigenvalue weighted by Gasteiger charge is -2.04. The number of hydrogen-bond donors (Lipinski definition) is 1. The van der Waals surface area contributed by atoms with E-state index in [9.17, 15) is 4.79 Å². The fourth-order valence-electron chi connectivity index (χ4n) is 1.64. The van der Waals surface area contributed by atoms with Crippen LogP contribution >= 0.6 is 11.3 Å². The van der Waals surface area contributed by atoms with Gasteiger partial charge < -0.3 is 5.32 Å². The first-order chi connectivity index (χ1) is 8.29. The van der Waals surface area contributed by atoms with Crippen LogP contribution in [0, 0.1) is 0 Å². The first-order valence-electron chi connectivity index (χ1n) is 5.73. The van der Waals surface area contributed by atoms with E-state index in [0.717, 1.165) is 23.4 Å². The summed E-state index contributed by atoms with van der Waals surface area (Å²) in [4.78, 5) is 12.5. The maximum Gasteiger partial charge on any atom is 0.265 e. The maximum absolute atomic E-state index is 11.8. The van der Waals surface area contributed by atoms with Crippen LogP contribution in [0.2, 0.25) is 0 Å². The van der Waals surface area contributed by atoms with Gasteiger partial charge in [-0.05, 0) is 35.6 Å². The SMILES string of the molecule is CCCc1ccc(NC(=O)c2cccs2)cc1. The Bertz CT molecular complexity index is 473. The molecule has 1 amide bonds. The van der Waals surface area contributed by atoms with Crippen LogP contribution in [0.4, 0.5) is 5.69 Å². The van der Waals surface area contributed by atoms with Crippen molar-refractivity contribution >= 4 is 22.9 Å². The van der Waals surface area contributed by atoms with E-state index in [1.54, 1.807) is 0 Å². The van der Waals surface area contributed by atoms with Gasteiger partial charge in [0.1, 0.15) is 0 Å². The molecule has 17 heavy (non-hydrogen) atoms. The zero-order valence-corrected chi connectivity index (χ0v) is 10.6. The van der Waals surface area contributed by atoms with Crippen LogP contribution in [0.25, 0.3) is 0 Å². The quantitative estimate of drug-likeness (QED) is 0.868. The van der Waals surface area contributed by atoms with Crippen molar-refractivity contribution in [2.45, 2.75) is 19.8 Å². The molecule has 0 radical (unpaired) electrons. The molecule has 3 heteroatoms. The molecule has 0 spiro atoms. The smallest absolute Gasteiger partial charge is 0.265 e.